The largest absolute Gasteiger partial charge is 0.497 e. The number of benzene rings is 2. The molecule has 0 bridgehead atoms. The Hall–Kier alpha value is -2.95. The van der Waals surface area contributed by atoms with Gasteiger partial charge in [0.1, 0.15) is 5.75 Å². The first-order valence-electron chi connectivity index (χ1n) is 9.45. The Morgan fingerprint density at radius 2 is 1.79 bits per heavy atom. The lowest BCUT2D eigenvalue weighted by atomic mass is 9.85. The van der Waals surface area contributed by atoms with Crippen molar-refractivity contribution in [2.75, 3.05) is 27.9 Å². The third kappa shape index (κ3) is 4.85. The average Bonchev–Trinajstić information content (AvgIpc) is 2.73. The fourth-order valence-corrected chi connectivity index (χ4v) is 3.55. The van der Waals surface area contributed by atoms with Gasteiger partial charge in [-0.1, -0.05) is 18.2 Å². The zero-order valence-corrected chi connectivity index (χ0v) is 16.7. The summed E-state index contributed by atoms with van der Waals surface area (Å²) in [6, 6.07) is 13.9. The molecular weight excluding hydrogens is 354 g/mol. The van der Waals surface area contributed by atoms with E-state index in [-0.39, 0.29) is 11.7 Å². The highest BCUT2D eigenvalue weighted by Crippen LogP contribution is 2.32. The van der Waals surface area contributed by atoms with Gasteiger partial charge in [-0.05, 0) is 54.2 Å². The normalized spacial score (nSPS) is 16.3. The van der Waals surface area contributed by atoms with Gasteiger partial charge in [0, 0.05) is 24.7 Å². The molecule has 0 fully saturated rings. The van der Waals surface area contributed by atoms with E-state index in [1.165, 1.54) is 0 Å². The highest BCUT2D eigenvalue weighted by Gasteiger charge is 2.22. The number of carbonyl (C=O) groups excluding carboxylic acids is 1. The molecule has 3 rings (SSSR count). The summed E-state index contributed by atoms with van der Waals surface area (Å²) in [5, 5.41) is 3.43. The van der Waals surface area contributed by atoms with Crippen LogP contribution in [-0.2, 0) is 11.2 Å². The number of rotatable bonds is 8. The number of allylic oxidation sites excluding steroid dienone is 2. The molecule has 1 aliphatic carbocycles. The summed E-state index contributed by atoms with van der Waals surface area (Å²) in [6.45, 7) is 0.749. The molecule has 0 saturated heterocycles. The van der Waals surface area contributed by atoms with Crippen LogP contribution in [0.4, 0.5) is 0 Å². The van der Waals surface area contributed by atoms with E-state index < -0.39 is 0 Å². The van der Waals surface area contributed by atoms with Crippen LogP contribution in [0.3, 0.4) is 0 Å². The molecule has 28 heavy (non-hydrogen) atoms. The Balaban J connectivity index is 1.60. The first kappa shape index (κ1) is 19.8. The third-order valence-electron chi connectivity index (χ3n) is 5.03. The molecule has 5 nitrogen and oxygen atoms in total. The second kappa shape index (κ2) is 9.31. The number of nitrogens with one attached hydrogen (secondary N) is 1. The highest BCUT2D eigenvalue weighted by atomic mass is 16.5. The van der Waals surface area contributed by atoms with Gasteiger partial charge < -0.3 is 19.5 Å². The summed E-state index contributed by atoms with van der Waals surface area (Å²) in [5.74, 6) is 2.61. The molecule has 0 aromatic heterocycles. The summed E-state index contributed by atoms with van der Waals surface area (Å²) in [7, 11) is 4.92. The molecule has 0 spiro atoms. The topological polar surface area (TPSA) is 56.8 Å². The van der Waals surface area contributed by atoms with Crippen molar-refractivity contribution in [3.63, 3.8) is 0 Å². The van der Waals surface area contributed by atoms with Crippen molar-refractivity contribution in [2.24, 2.45) is 0 Å². The average molecular weight is 381 g/mol. The van der Waals surface area contributed by atoms with Crippen molar-refractivity contribution in [1.82, 2.24) is 5.32 Å². The van der Waals surface area contributed by atoms with Gasteiger partial charge in [0.05, 0.1) is 21.3 Å². The van der Waals surface area contributed by atoms with Gasteiger partial charge in [0.15, 0.2) is 17.3 Å². The van der Waals surface area contributed by atoms with Crippen molar-refractivity contribution in [3.8, 4) is 17.2 Å². The van der Waals surface area contributed by atoms with E-state index in [1.807, 2.05) is 36.4 Å². The standard InChI is InChI=1S/C23H27NO4/c1-26-21-6-4-5-17(14-21)18-12-19(15-20(25)13-18)24-10-9-16-7-8-22(27-2)23(11-16)28-3/h4-8,11,14-15,18,24H,9-10,12-13H2,1-3H3. The van der Waals surface area contributed by atoms with E-state index in [9.17, 15) is 4.79 Å². The SMILES string of the molecule is COc1cccc(C2CC(=O)C=C(NCCc3ccc(OC)c(OC)c3)C2)c1. The minimum absolute atomic E-state index is 0.160. The zero-order chi connectivity index (χ0) is 19.9. The number of carbonyl (C=O) groups is 1. The van der Waals surface area contributed by atoms with Gasteiger partial charge in [-0.15, -0.1) is 0 Å². The van der Waals surface area contributed by atoms with Gasteiger partial charge in [0.25, 0.3) is 0 Å². The van der Waals surface area contributed by atoms with Gasteiger partial charge in [0.2, 0.25) is 0 Å². The van der Waals surface area contributed by atoms with E-state index in [0.29, 0.717) is 6.42 Å². The molecule has 0 saturated carbocycles. The number of ether oxygens (including phenoxy) is 3. The molecule has 5 heteroatoms. The maximum atomic E-state index is 12.2. The lowest BCUT2D eigenvalue weighted by Gasteiger charge is -2.24. The van der Waals surface area contributed by atoms with Crippen LogP contribution in [0.25, 0.3) is 0 Å². The molecule has 0 aliphatic heterocycles. The molecule has 0 radical (unpaired) electrons. The van der Waals surface area contributed by atoms with Gasteiger partial charge >= 0.3 is 0 Å². The highest BCUT2D eigenvalue weighted by molar-refractivity contribution is 5.92. The second-order valence-corrected chi connectivity index (χ2v) is 6.88. The third-order valence-corrected chi connectivity index (χ3v) is 5.03. The van der Waals surface area contributed by atoms with Crippen molar-refractivity contribution in [3.05, 3.63) is 65.4 Å². The summed E-state index contributed by atoms with van der Waals surface area (Å²) >= 11 is 0. The van der Waals surface area contributed by atoms with Crippen LogP contribution >= 0.6 is 0 Å². The molecule has 1 aliphatic rings. The summed E-state index contributed by atoms with van der Waals surface area (Å²) in [6.07, 6.45) is 3.93. The first-order chi connectivity index (χ1) is 13.6. The van der Waals surface area contributed by atoms with Crippen molar-refractivity contribution < 1.29 is 19.0 Å². The molecule has 2 aromatic rings. The number of ketones is 1. The minimum Gasteiger partial charge on any atom is -0.497 e. The van der Waals surface area contributed by atoms with E-state index >= 15 is 0 Å². The van der Waals surface area contributed by atoms with E-state index in [1.54, 1.807) is 27.4 Å². The smallest absolute Gasteiger partial charge is 0.160 e. The van der Waals surface area contributed by atoms with Gasteiger partial charge in [-0.3, -0.25) is 4.79 Å². The maximum Gasteiger partial charge on any atom is 0.160 e. The molecule has 148 valence electrons. The van der Waals surface area contributed by atoms with Crippen LogP contribution in [0.2, 0.25) is 0 Å². The molecule has 0 amide bonds. The maximum absolute atomic E-state index is 12.2. The summed E-state index contributed by atoms with van der Waals surface area (Å²) in [4.78, 5) is 12.2. The Morgan fingerprint density at radius 1 is 0.964 bits per heavy atom. The van der Waals surface area contributed by atoms with E-state index in [0.717, 1.165) is 53.5 Å². The quantitative estimate of drug-likeness (QED) is 0.752. The van der Waals surface area contributed by atoms with E-state index in [4.69, 9.17) is 14.2 Å². The van der Waals surface area contributed by atoms with Crippen LogP contribution in [0.5, 0.6) is 17.2 Å². The number of hydrogen-bond acceptors (Lipinski definition) is 5. The van der Waals surface area contributed by atoms with E-state index in [2.05, 4.69) is 11.4 Å². The minimum atomic E-state index is 0.160. The molecule has 1 N–H and O–H groups in total. The first-order valence-corrected chi connectivity index (χ1v) is 9.45. The predicted octanol–water partition coefficient (Wildman–Crippen LogP) is 3.88. The van der Waals surface area contributed by atoms with Crippen molar-refractivity contribution >= 4 is 5.78 Å². The van der Waals surface area contributed by atoms with Crippen LogP contribution in [0.15, 0.2) is 54.2 Å². The molecule has 0 heterocycles. The molecule has 1 unspecified atom stereocenters. The fourth-order valence-electron chi connectivity index (χ4n) is 3.55. The lowest BCUT2D eigenvalue weighted by Crippen LogP contribution is -2.23. The molecular formula is C23H27NO4. The Kier molecular flexibility index (Phi) is 6.58. The molecule has 1 atom stereocenters. The van der Waals surface area contributed by atoms with Crippen LogP contribution in [0.1, 0.15) is 29.9 Å². The Bertz CT molecular complexity index is 859. The second-order valence-electron chi connectivity index (χ2n) is 6.88. The van der Waals surface area contributed by atoms with Crippen LogP contribution in [-0.4, -0.2) is 33.7 Å². The van der Waals surface area contributed by atoms with Crippen LogP contribution < -0.4 is 19.5 Å². The Labute approximate surface area is 166 Å². The van der Waals surface area contributed by atoms with Crippen LogP contribution in [0, 0.1) is 0 Å². The van der Waals surface area contributed by atoms with Gasteiger partial charge in [-0.25, -0.2) is 0 Å². The molecule has 2 aromatic carbocycles. The zero-order valence-electron chi connectivity index (χ0n) is 16.7. The number of methoxy groups -OCH3 is 3. The number of hydrogen-bond donors (Lipinski definition) is 1. The van der Waals surface area contributed by atoms with Crippen molar-refractivity contribution in [1.29, 1.82) is 0 Å². The monoisotopic (exact) mass is 381 g/mol. The summed E-state index contributed by atoms with van der Waals surface area (Å²) in [5.41, 5.74) is 3.28. The lowest BCUT2D eigenvalue weighted by molar-refractivity contribution is -0.115. The predicted molar refractivity (Wildman–Crippen MR) is 109 cm³/mol. The van der Waals surface area contributed by atoms with Crippen molar-refractivity contribution in [2.45, 2.75) is 25.2 Å². The van der Waals surface area contributed by atoms with Gasteiger partial charge in [-0.2, -0.15) is 0 Å². The summed E-state index contributed by atoms with van der Waals surface area (Å²) < 4.78 is 15.9. The fraction of sp³-hybridized carbons (Fsp3) is 0.348. The Morgan fingerprint density at radius 3 is 2.54 bits per heavy atom.